The molecule has 1 aromatic carbocycles. The highest BCUT2D eigenvalue weighted by Crippen LogP contribution is 2.21. The monoisotopic (exact) mass is 340 g/mol. The molecule has 6 nitrogen and oxygen atoms in total. The van der Waals surface area contributed by atoms with Crippen molar-refractivity contribution < 1.29 is 8.78 Å². The van der Waals surface area contributed by atoms with E-state index in [0.717, 1.165) is 11.3 Å². The van der Waals surface area contributed by atoms with Crippen molar-refractivity contribution in [1.29, 1.82) is 0 Å². The number of rotatable bonds is 4. The lowest BCUT2D eigenvalue weighted by Gasteiger charge is -2.08. The predicted molar refractivity (Wildman–Crippen MR) is 88.8 cm³/mol. The van der Waals surface area contributed by atoms with E-state index in [4.69, 9.17) is 0 Å². The smallest absolute Gasteiger partial charge is 0.159 e. The van der Waals surface area contributed by atoms with Crippen LogP contribution in [0.5, 0.6) is 0 Å². The third-order valence-electron chi connectivity index (χ3n) is 3.70. The summed E-state index contributed by atoms with van der Waals surface area (Å²) < 4.78 is 28.1. The van der Waals surface area contributed by atoms with Crippen LogP contribution in [0.2, 0.25) is 0 Å². The normalized spacial score (nSPS) is 11.2. The molecule has 0 bridgehead atoms. The van der Waals surface area contributed by atoms with Crippen molar-refractivity contribution in [3.8, 4) is 0 Å². The van der Waals surface area contributed by atoms with Crippen LogP contribution in [0.15, 0.2) is 42.6 Å². The molecule has 0 aliphatic heterocycles. The van der Waals surface area contributed by atoms with Crippen LogP contribution < -0.4 is 5.32 Å². The van der Waals surface area contributed by atoms with Gasteiger partial charge in [0, 0.05) is 24.2 Å². The highest BCUT2D eigenvalue weighted by Gasteiger charge is 2.12. The molecule has 3 aromatic heterocycles. The zero-order valence-corrected chi connectivity index (χ0v) is 13.3. The highest BCUT2D eigenvalue weighted by molar-refractivity contribution is 5.72. The highest BCUT2D eigenvalue weighted by atomic mass is 19.1. The molecule has 0 unspecified atom stereocenters. The average molecular weight is 340 g/mol. The Morgan fingerprint density at radius 2 is 1.92 bits per heavy atom. The first-order valence-electron chi connectivity index (χ1n) is 7.65. The Bertz CT molecular complexity index is 1040. The molecule has 4 rings (SSSR count). The maximum atomic E-state index is 13.7. The average Bonchev–Trinajstić information content (AvgIpc) is 3.14. The molecule has 25 heavy (non-hydrogen) atoms. The summed E-state index contributed by atoms with van der Waals surface area (Å²) in [6, 6.07) is 9.28. The zero-order valence-electron chi connectivity index (χ0n) is 13.3. The number of nitrogens with one attached hydrogen (secondary N) is 2. The Morgan fingerprint density at radius 1 is 1.12 bits per heavy atom. The van der Waals surface area contributed by atoms with Gasteiger partial charge in [-0.25, -0.2) is 18.3 Å². The molecule has 0 saturated heterocycles. The molecule has 0 fully saturated rings. The van der Waals surface area contributed by atoms with Crippen LogP contribution in [-0.2, 0) is 6.42 Å². The Hall–Kier alpha value is -3.29. The molecule has 126 valence electrons. The Kier molecular flexibility index (Phi) is 3.64. The van der Waals surface area contributed by atoms with Gasteiger partial charge in [0.15, 0.2) is 17.5 Å². The second kappa shape index (κ2) is 5.97. The van der Waals surface area contributed by atoms with E-state index in [1.54, 1.807) is 12.1 Å². The molecule has 0 aliphatic carbocycles. The molecule has 0 atom stereocenters. The minimum Gasteiger partial charge on any atom is -0.322 e. The third kappa shape index (κ3) is 3.18. The predicted octanol–water partition coefficient (Wildman–Crippen LogP) is 3.37. The fraction of sp³-hybridized carbons (Fsp3) is 0.118. The summed E-state index contributed by atoms with van der Waals surface area (Å²) in [5.74, 6) is 0.790. The van der Waals surface area contributed by atoms with E-state index >= 15 is 0 Å². The van der Waals surface area contributed by atoms with Crippen molar-refractivity contribution in [3.63, 3.8) is 0 Å². The fourth-order valence-electron chi connectivity index (χ4n) is 2.57. The van der Waals surface area contributed by atoms with Gasteiger partial charge in [0.25, 0.3) is 0 Å². The van der Waals surface area contributed by atoms with E-state index in [1.807, 2.05) is 13.0 Å². The standard InChI is InChI=1S/C17H14F2N6/c1-10-6-15(23-22-10)20-17-14-8-13(19)9-25(14)24-16(21-17)7-11-2-4-12(18)5-3-11/h2-6,8-9H,7H2,1H3,(H2,20,21,22,23,24). The second-order valence-corrected chi connectivity index (χ2v) is 5.73. The number of anilines is 2. The van der Waals surface area contributed by atoms with E-state index in [-0.39, 0.29) is 5.82 Å². The van der Waals surface area contributed by atoms with Gasteiger partial charge in [0.05, 0.1) is 6.20 Å². The lowest BCUT2D eigenvalue weighted by molar-refractivity contribution is 0.624. The van der Waals surface area contributed by atoms with Crippen molar-refractivity contribution in [3.05, 3.63) is 71.3 Å². The minimum absolute atomic E-state index is 0.302. The summed E-state index contributed by atoms with van der Waals surface area (Å²) in [4.78, 5) is 4.48. The maximum absolute atomic E-state index is 13.7. The Balaban J connectivity index is 1.73. The van der Waals surface area contributed by atoms with Crippen LogP contribution in [0.3, 0.4) is 0 Å². The van der Waals surface area contributed by atoms with Gasteiger partial charge in [0.2, 0.25) is 0 Å². The van der Waals surface area contributed by atoms with Gasteiger partial charge in [-0.05, 0) is 24.6 Å². The number of halogens is 2. The van der Waals surface area contributed by atoms with Gasteiger partial charge >= 0.3 is 0 Å². The van der Waals surface area contributed by atoms with Gasteiger partial charge in [-0.1, -0.05) is 12.1 Å². The molecule has 0 spiro atoms. The summed E-state index contributed by atoms with van der Waals surface area (Å²) in [7, 11) is 0. The molecule has 0 aliphatic rings. The number of hydrogen-bond acceptors (Lipinski definition) is 4. The molecule has 0 amide bonds. The number of nitrogens with zero attached hydrogens (tertiary/aromatic N) is 4. The molecule has 4 aromatic rings. The van der Waals surface area contributed by atoms with Gasteiger partial charge in [-0.3, -0.25) is 5.10 Å². The number of H-pyrrole nitrogens is 1. The van der Waals surface area contributed by atoms with E-state index < -0.39 is 5.82 Å². The van der Waals surface area contributed by atoms with Crippen molar-refractivity contribution >= 4 is 17.2 Å². The first kappa shape index (κ1) is 15.3. The van der Waals surface area contributed by atoms with Crippen LogP contribution in [-0.4, -0.2) is 24.8 Å². The van der Waals surface area contributed by atoms with Crippen molar-refractivity contribution in [2.75, 3.05) is 5.32 Å². The summed E-state index contributed by atoms with van der Waals surface area (Å²) in [5.41, 5.74) is 2.25. The fourth-order valence-corrected chi connectivity index (χ4v) is 2.57. The minimum atomic E-state index is -0.408. The summed E-state index contributed by atoms with van der Waals surface area (Å²) in [6.07, 6.45) is 1.68. The molecular formula is C17H14F2N6. The van der Waals surface area contributed by atoms with E-state index in [2.05, 4.69) is 25.6 Å². The van der Waals surface area contributed by atoms with E-state index in [9.17, 15) is 8.78 Å². The number of aromatic nitrogens is 5. The quantitative estimate of drug-likeness (QED) is 0.597. The topological polar surface area (TPSA) is 70.9 Å². The number of hydrogen-bond donors (Lipinski definition) is 2. The second-order valence-electron chi connectivity index (χ2n) is 5.73. The van der Waals surface area contributed by atoms with E-state index in [1.165, 1.54) is 28.9 Å². The van der Waals surface area contributed by atoms with Crippen molar-refractivity contribution in [1.82, 2.24) is 24.8 Å². The van der Waals surface area contributed by atoms with Crippen LogP contribution in [0, 0.1) is 18.6 Å². The van der Waals surface area contributed by atoms with Crippen LogP contribution in [0.25, 0.3) is 5.52 Å². The SMILES string of the molecule is Cc1cc(Nc2nc(Cc3ccc(F)cc3)nn3cc(F)cc23)n[nH]1. The van der Waals surface area contributed by atoms with Gasteiger partial charge < -0.3 is 5.32 Å². The lowest BCUT2D eigenvalue weighted by atomic mass is 10.1. The molecule has 2 N–H and O–H groups in total. The van der Waals surface area contributed by atoms with Gasteiger partial charge in [0.1, 0.15) is 17.2 Å². The lowest BCUT2D eigenvalue weighted by Crippen LogP contribution is -2.06. The third-order valence-corrected chi connectivity index (χ3v) is 3.70. The summed E-state index contributed by atoms with van der Waals surface area (Å²) in [6.45, 7) is 1.88. The number of aryl methyl sites for hydroxylation is 1. The van der Waals surface area contributed by atoms with E-state index in [0.29, 0.717) is 29.4 Å². The Morgan fingerprint density at radius 3 is 2.64 bits per heavy atom. The molecule has 0 saturated carbocycles. The van der Waals surface area contributed by atoms with Crippen molar-refractivity contribution in [2.24, 2.45) is 0 Å². The van der Waals surface area contributed by atoms with Crippen LogP contribution in [0.4, 0.5) is 20.4 Å². The Labute approximate surface area is 141 Å². The molecule has 0 radical (unpaired) electrons. The number of aromatic amines is 1. The van der Waals surface area contributed by atoms with Crippen LogP contribution in [0.1, 0.15) is 17.1 Å². The van der Waals surface area contributed by atoms with Crippen molar-refractivity contribution in [2.45, 2.75) is 13.3 Å². The zero-order chi connectivity index (χ0) is 17.4. The van der Waals surface area contributed by atoms with Gasteiger partial charge in [-0.15, -0.1) is 0 Å². The summed E-state index contributed by atoms with van der Waals surface area (Å²) in [5, 5.41) is 14.3. The molecular weight excluding hydrogens is 326 g/mol. The number of fused-ring (bicyclic) bond motifs is 1. The van der Waals surface area contributed by atoms with Gasteiger partial charge in [-0.2, -0.15) is 10.2 Å². The summed E-state index contributed by atoms with van der Waals surface area (Å²) >= 11 is 0. The largest absolute Gasteiger partial charge is 0.322 e. The maximum Gasteiger partial charge on any atom is 0.159 e. The number of benzene rings is 1. The first-order chi connectivity index (χ1) is 12.1. The molecule has 8 heteroatoms. The van der Waals surface area contributed by atoms with Crippen LogP contribution >= 0.6 is 0 Å². The first-order valence-corrected chi connectivity index (χ1v) is 7.65. The molecule has 3 heterocycles.